The van der Waals surface area contributed by atoms with E-state index in [1.54, 1.807) is 12.1 Å². The third-order valence-electron chi connectivity index (χ3n) is 5.87. The zero-order valence-corrected chi connectivity index (χ0v) is 18.6. The second-order valence-electron chi connectivity index (χ2n) is 8.28. The molecule has 0 atom stereocenters. The highest BCUT2D eigenvalue weighted by atomic mass is 19.1. The van der Waals surface area contributed by atoms with Gasteiger partial charge in [-0.2, -0.15) is 5.26 Å². The number of nitriles is 1. The molecular weight excluding hydrogens is 416 g/mol. The maximum absolute atomic E-state index is 15.1. The van der Waals surface area contributed by atoms with E-state index in [-0.39, 0.29) is 11.4 Å². The van der Waals surface area contributed by atoms with Crippen LogP contribution in [0.3, 0.4) is 0 Å². The summed E-state index contributed by atoms with van der Waals surface area (Å²) in [6.45, 7) is 2.13. The number of aromatic nitrogens is 2. The van der Waals surface area contributed by atoms with Crippen molar-refractivity contribution in [3.05, 3.63) is 106 Å². The van der Waals surface area contributed by atoms with Crippen molar-refractivity contribution in [3.63, 3.8) is 0 Å². The van der Waals surface area contributed by atoms with Crippen molar-refractivity contribution in [2.24, 2.45) is 0 Å². The van der Waals surface area contributed by atoms with Gasteiger partial charge in [-0.15, -0.1) is 0 Å². The minimum absolute atomic E-state index is 0.0199. The Morgan fingerprint density at radius 2 is 1.52 bits per heavy atom. The number of aryl methyl sites for hydroxylation is 5. The van der Waals surface area contributed by atoms with Crippen molar-refractivity contribution in [1.29, 1.82) is 5.26 Å². The first-order valence-corrected chi connectivity index (χ1v) is 11.3. The molecule has 5 heteroatoms. The highest BCUT2D eigenvalue weighted by molar-refractivity contribution is 5.84. The molecule has 4 aromatic rings. The molecule has 3 aromatic carbocycles. The molecule has 0 amide bonds. The first-order chi connectivity index (χ1) is 16.1. The number of rotatable bonds is 8. The van der Waals surface area contributed by atoms with Crippen LogP contribution in [-0.2, 0) is 32.1 Å². The van der Waals surface area contributed by atoms with Crippen LogP contribution in [0.2, 0.25) is 0 Å². The van der Waals surface area contributed by atoms with Gasteiger partial charge in [0.15, 0.2) is 0 Å². The summed E-state index contributed by atoms with van der Waals surface area (Å²) >= 11 is 0. The molecule has 0 N–H and O–H groups in total. The molecule has 0 aliphatic rings. The van der Waals surface area contributed by atoms with Gasteiger partial charge in [0.2, 0.25) is 0 Å². The van der Waals surface area contributed by atoms with Crippen molar-refractivity contribution in [3.8, 4) is 6.07 Å². The lowest BCUT2D eigenvalue weighted by molar-refractivity contribution is 0.616. The number of hydrogen-bond acceptors (Lipinski definition) is 3. The maximum Gasteiger partial charge on any atom is 0.141 e. The Hall–Kier alpha value is -3.65. The van der Waals surface area contributed by atoms with Gasteiger partial charge in [-0.25, -0.2) is 18.7 Å². The summed E-state index contributed by atoms with van der Waals surface area (Å²) in [5.74, 6) is 0.0440. The van der Waals surface area contributed by atoms with Gasteiger partial charge in [-0.1, -0.05) is 49.7 Å². The van der Waals surface area contributed by atoms with E-state index in [4.69, 9.17) is 5.26 Å². The van der Waals surface area contributed by atoms with Crippen LogP contribution in [0.15, 0.2) is 60.9 Å². The highest BCUT2D eigenvalue weighted by Crippen LogP contribution is 2.24. The first kappa shape index (κ1) is 22.5. The molecule has 0 aliphatic carbocycles. The Balaban J connectivity index is 1.43. The summed E-state index contributed by atoms with van der Waals surface area (Å²) in [5, 5.41) is 10.3. The van der Waals surface area contributed by atoms with Crippen LogP contribution >= 0.6 is 0 Å². The molecule has 0 unspecified atom stereocenters. The third-order valence-corrected chi connectivity index (χ3v) is 5.87. The molecule has 3 nitrogen and oxygen atoms in total. The fraction of sp³-hybridized carbons (Fsp3) is 0.250. The van der Waals surface area contributed by atoms with Crippen molar-refractivity contribution in [2.75, 3.05) is 0 Å². The zero-order chi connectivity index (χ0) is 23.2. The number of hydrogen-bond donors (Lipinski definition) is 0. The van der Waals surface area contributed by atoms with Crippen LogP contribution in [0.5, 0.6) is 0 Å². The lowest BCUT2D eigenvalue weighted by Gasteiger charge is -2.09. The first-order valence-electron chi connectivity index (χ1n) is 11.3. The summed E-state index contributed by atoms with van der Waals surface area (Å²) in [5.41, 5.74) is 3.63. The molecule has 0 saturated heterocycles. The second kappa shape index (κ2) is 10.3. The predicted molar refractivity (Wildman–Crippen MR) is 126 cm³/mol. The fourth-order valence-electron chi connectivity index (χ4n) is 4.00. The van der Waals surface area contributed by atoms with Gasteiger partial charge in [-0.3, -0.25) is 0 Å². The van der Waals surface area contributed by atoms with Crippen LogP contribution in [0, 0.1) is 23.0 Å². The summed E-state index contributed by atoms with van der Waals surface area (Å²) < 4.78 is 28.9. The van der Waals surface area contributed by atoms with E-state index in [0.717, 1.165) is 53.6 Å². The summed E-state index contributed by atoms with van der Waals surface area (Å²) in [4.78, 5) is 8.90. The average molecular weight is 442 g/mol. The molecular formula is C28H25F2N3. The van der Waals surface area contributed by atoms with E-state index in [9.17, 15) is 4.39 Å². The minimum Gasteiger partial charge on any atom is -0.241 e. The molecule has 1 aromatic heterocycles. The largest absolute Gasteiger partial charge is 0.241 e. The standard InChI is InChI=1S/C28H25F2N3/c1-2-3-21-17-32-27(33-18-21)13-7-19-6-12-25-23(14-19)11-10-22(28(25)30)8-4-20-5-9-24(16-31)26(29)15-20/h5-6,9-12,14-15,17-18H,2-4,7-8,13H2,1H3. The van der Waals surface area contributed by atoms with Crippen LogP contribution < -0.4 is 0 Å². The van der Waals surface area contributed by atoms with Gasteiger partial charge in [0.25, 0.3) is 0 Å². The predicted octanol–water partition coefficient (Wildman–Crippen LogP) is 6.30. The molecule has 166 valence electrons. The quantitative estimate of drug-likeness (QED) is 0.322. The van der Waals surface area contributed by atoms with E-state index in [1.165, 1.54) is 12.1 Å². The molecule has 0 saturated carbocycles. The van der Waals surface area contributed by atoms with Crippen LogP contribution in [0.25, 0.3) is 10.8 Å². The lowest BCUT2D eigenvalue weighted by Crippen LogP contribution is -2.00. The lowest BCUT2D eigenvalue weighted by atomic mass is 9.98. The van der Waals surface area contributed by atoms with Gasteiger partial charge < -0.3 is 0 Å². The number of halogens is 2. The van der Waals surface area contributed by atoms with Crippen molar-refractivity contribution < 1.29 is 8.78 Å². The smallest absolute Gasteiger partial charge is 0.141 e. The molecule has 1 heterocycles. The molecule has 0 fully saturated rings. The zero-order valence-electron chi connectivity index (χ0n) is 18.6. The SMILES string of the molecule is CCCc1cnc(CCc2ccc3c(F)c(CCc4ccc(C#N)c(F)c4)ccc3c2)nc1. The highest BCUT2D eigenvalue weighted by Gasteiger charge is 2.10. The normalized spacial score (nSPS) is 11.0. The van der Waals surface area contributed by atoms with Gasteiger partial charge in [0.05, 0.1) is 5.56 Å². The molecule has 0 spiro atoms. The molecule has 33 heavy (non-hydrogen) atoms. The minimum atomic E-state index is -0.538. The van der Waals surface area contributed by atoms with E-state index in [1.807, 2.05) is 42.7 Å². The van der Waals surface area contributed by atoms with Crippen LogP contribution in [0.4, 0.5) is 8.78 Å². The van der Waals surface area contributed by atoms with Gasteiger partial charge in [-0.05, 0) is 65.5 Å². The maximum atomic E-state index is 15.1. The molecule has 0 aliphatic heterocycles. The van der Waals surface area contributed by atoms with E-state index >= 15 is 4.39 Å². The van der Waals surface area contributed by atoms with Crippen molar-refractivity contribution in [2.45, 2.75) is 45.4 Å². The van der Waals surface area contributed by atoms with Gasteiger partial charge in [0, 0.05) is 24.2 Å². The van der Waals surface area contributed by atoms with Crippen LogP contribution in [-0.4, -0.2) is 9.97 Å². The number of nitrogens with zero attached hydrogens (tertiary/aromatic N) is 3. The Morgan fingerprint density at radius 1 is 0.788 bits per heavy atom. The van der Waals surface area contributed by atoms with Crippen molar-refractivity contribution >= 4 is 10.8 Å². The monoisotopic (exact) mass is 441 g/mol. The van der Waals surface area contributed by atoms with Gasteiger partial charge >= 0.3 is 0 Å². The van der Waals surface area contributed by atoms with Crippen molar-refractivity contribution in [1.82, 2.24) is 9.97 Å². The van der Waals surface area contributed by atoms with E-state index in [0.29, 0.717) is 23.8 Å². The number of fused-ring (bicyclic) bond motifs is 1. The second-order valence-corrected chi connectivity index (χ2v) is 8.28. The Kier molecular flexibility index (Phi) is 7.04. The van der Waals surface area contributed by atoms with Crippen LogP contribution in [0.1, 0.15) is 47.0 Å². The molecule has 0 bridgehead atoms. The van der Waals surface area contributed by atoms with E-state index < -0.39 is 5.82 Å². The van der Waals surface area contributed by atoms with Gasteiger partial charge in [0.1, 0.15) is 23.5 Å². The Bertz CT molecular complexity index is 1310. The average Bonchev–Trinajstić information content (AvgIpc) is 2.83. The summed E-state index contributed by atoms with van der Waals surface area (Å²) in [6, 6.07) is 15.9. The molecule has 0 radical (unpaired) electrons. The Labute approximate surface area is 192 Å². The Morgan fingerprint density at radius 3 is 2.24 bits per heavy atom. The van der Waals surface area contributed by atoms with E-state index in [2.05, 4.69) is 16.9 Å². The molecule has 4 rings (SSSR count). The number of benzene rings is 3. The third kappa shape index (κ3) is 5.40. The fourth-order valence-corrected chi connectivity index (χ4v) is 4.00. The topological polar surface area (TPSA) is 49.6 Å². The summed E-state index contributed by atoms with van der Waals surface area (Å²) in [7, 11) is 0. The summed E-state index contributed by atoms with van der Waals surface area (Å²) in [6.07, 6.45) is 8.34.